The third kappa shape index (κ3) is 3.36. The molecule has 0 atom stereocenters. The zero-order chi connectivity index (χ0) is 16.5. The Balaban J connectivity index is 1.43. The van der Waals surface area contributed by atoms with Crippen LogP contribution in [0.3, 0.4) is 0 Å². The lowest BCUT2D eigenvalue weighted by atomic mass is 10.1. The summed E-state index contributed by atoms with van der Waals surface area (Å²) in [4.78, 5) is 13.9. The monoisotopic (exact) mass is 341 g/mol. The molecule has 2 aliphatic rings. The molecule has 0 saturated heterocycles. The van der Waals surface area contributed by atoms with Gasteiger partial charge in [-0.2, -0.15) is 5.10 Å². The minimum atomic E-state index is -0.0619. The number of aromatic nitrogens is 2. The number of anilines is 1. The second-order valence-corrected chi connectivity index (χ2v) is 8.22. The normalized spacial score (nSPS) is 18.0. The minimum Gasteiger partial charge on any atom is -0.321 e. The predicted octanol–water partition coefficient (Wildman–Crippen LogP) is 4.58. The van der Waals surface area contributed by atoms with E-state index in [1.165, 1.54) is 43.4 Å². The molecule has 1 amide bonds. The Hall–Kier alpha value is -1.75. The van der Waals surface area contributed by atoms with Gasteiger partial charge in [-0.05, 0) is 55.9 Å². The Morgan fingerprint density at radius 2 is 1.88 bits per heavy atom. The highest BCUT2D eigenvalue weighted by Gasteiger charge is 2.30. The number of carbonyl (C=O) groups is 1. The summed E-state index contributed by atoms with van der Waals surface area (Å²) in [6.07, 6.45) is 9.55. The lowest BCUT2D eigenvalue weighted by Crippen LogP contribution is -2.17. The van der Waals surface area contributed by atoms with Crippen molar-refractivity contribution in [3.63, 3.8) is 0 Å². The molecular formula is C19H23N3OS. The molecule has 1 heterocycles. The van der Waals surface area contributed by atoms with Crippen LogP contribution in [0.15, 0.2) is 35.4 Å². The minimum absolute atomic E-state index is 0.0619. The van der Waals surface area contributed by atoms with Crippen LogP contribution in [-0.2, 0) is 7.05 Å². The summed E-state index contributed by atoms with van der Waals surface area (Å²) in [5.74, 6) is 0.456. The van der Waals surface area contributed by atoms with Gasteiger partial charge in [0.1, 0.15) is 5.69 Å². The predicted molar refractivity (Wildman–Crippen MR) is 97.7 cm³/mol. The van der Waals surface area contributed by atoms with Crippen LogP contribution in [0.4, 0.5) is 5.69 Å². The molecule has 4 rings (SSSR count). The van der Waals surface area contributed by atoms with Crippen molar-refractivity contribution in [2.45, 2.75) is 54.6 Å². The molecule has 0 spiro atoms. The number of benzene rings is 1. The molecule has 4 nitrogen and oxygen atoms in total. The molecule has 1 aromatic heterocycles. The maximum absolute atomic E-state index is 12.6. The summed E-state index contributed by atoms with van der Waals surface area (Å²) in [6.45, 7) is 0. The summed E-state index contributed by atoms with van der Waals surface area (Å²) in [5.41, 5.74) is 2.63. The number of hydrogen-bond acceptors (Lipinski definition) is 3. The topological polar surface area (TPSA) is 46.9 Å². The molecule has 0 aliphatic heterocycles. The van der Waals surface area contributed by atoms with Gasteiger partial charge in [-0.3, -0.25) is 9.48 Å². The smallest absolute Gasteiger partial charge is 0.274 e. The van der Waals surface area contributed by atoms with E-state index in [9.17, 15) is 4.79 Å². The number of carbonyl (C=O) groups excluding carboxylic acids is 1. The average Bonchev–Trinajstić information content (AvgIpc) is 3.15. The van der Waals surface area contributed by atoms with Gasteiger partial charge >= 0.3 is 0 Å². The maximum atomic E-state index is 12.6. The third-order valence-electron chi connectivity index (χ3n) is 4.92. The largest absolute Gasteiger partial charge is 0.321 e. The van der Waals surface area contributed by atoms with E-state index in [0.717, 1.165) is 16.5 Å². The molecular weight excluding hydrogens is 318 g/mol. The van der Waals surface area contributed by atoms with Gasteiger partial charge in [0.15, 0.2) is 0 Å². The highest BCUT2D eigenvalue weighted by molar-refractivity contribution is 8.00. The Bertz CT molecular complexity index is 728. The van der Waals surface area contributed by atoms with Crippen LogP contribution in [0.1, 0.15) is 60.5 Å². The summed E-state index contributed by atoms with van der Waals surface area (Å²) in [5, 5.41) is 8.05. The summed E-state index contributed by atoms with van der Waals surface area (Å²) in [7, 11) is 1.84. The van der Waals surface area contributed by atoms with Crippen LogP contribution >= 0.6 is 11.8 Å². The van der Waals surface area contributed by atoms with Crippen molar-refractivity contribution in [3.05, 3.63) is 41.7 Å². The molecule has 0 radical (unpaired) electrons. The molecule has 1 aromatic carbocycles. The van der Waals surface area contributed by atoms with Crippen molar-refractivity contribution < 1.29 is 4.79 Å². The van der Waals surface area contributed by atoms with Crippen LogP contribution in [0.5, 0.6) is 0 Å². The van der Waals surface area contributed by atoms with Crippen LogP contribution in [0.2, 0.25) is 0 Å². The fourth-order valence-corrected chi connectivity index (χ4v) is 4.68. The number of nitrogens with zero attached hydrogens (tertiary/aromatic N) is 2. The Labute approximate surface area is 147 Å². The van der Waals surface area contributed by atoms with E-state index < -0.39 is 0 Å². The van der Waals surface area contributed by atoms with Gasteiger partial charge in [0.25, 0.3) is 5.91 Å². The molecule has 2 aromatic rings. The van der Waals surface area contributed by atoms with Crippen molar-refractivity contribution >= 4 is 23.4 Å². The Morgan fingerprint density at radius 3 is 2.54 bits per heavy atom. The fourth-order valence-electron chi connectivity index (χ4n) is 3.43. The van der Waals surface area contributed by atoms with E-state index in [-0.39, 0.29) is 5.91 Å². The van der Waals surface area contributed by atoms with Crippen LogP contribution in [0.25, 0.3) is 0 Å². The van der Waals surface area contributed by atoms with Gasteiger partial charge < -0.3 is 5.32 Å². The van der Waals surface area contributed by atoms with Crippen molar-refractivity contribution in [2.24, 2.45) is 7.05 Å². The van der Waals surface area contributed by atoms with Crippen molar-refractivity contribution in [1.29, 1.82) is 0 Å². The molecule has 2 aliphatic carbocycles. The van der Waals surface area contributed by atoms with E-state index in [2.05, 4.69) is 22.5 Å². The Morgan fingerprint density at radius 1 is 1.17 bits per heavy atom. The molecule has 1 N–H and O–H groups in total. The van der Waals surface area contributed by atoms with E-state index in [1.54, 1.807) is 4.68 Å². The molecule has 0 unspecified atom stereocenters. The number of nitrogens with one attached hydrogen (secondary N) is 1. The number of aryl methyl sites for hydroxylation is 1. The maximum Gasteiger partial charge on any atom is 0.274 e. The Kier molecular flexibility index (Phi) is 4.35. The van der Waals surface area contributed by atoms with Crippen molar-refractivity contribution in [2.75, 3.05) is 5.32 Å². The zero-order valence-corrected chi connectivity index (χ0v) is 14.8. The lowest BCUT2D eigenvalue weighted by molar-refractivity contribution is 0.101. The second-order valence-electron chi connectivity index (χ2n) is 6.85. The van der Waals surface area contributed by atoms with E-state index in [0.29, 0.717) is 11.6 Å². The molecule has 24 heavy (non-hydrogen) atoms. The van der Waals surface area contributed by atoms with Crippen LogP contribution in [-0.4, -0.2) is 20.9 Å². The van der Waals surface area contributed by atoms with E-state index in [4.69, 9.17) is 0 Å². The van der Waals surface area contributed by atoms with E-state index >= 15 is 0 Å². The molecule has 126 valence electrons. The van der Waals surface area contributed by atoms with Crippen LogP contribution < -0.4 is 5.32 Å². The van der Waals surface area contributed by atoms with Crippen molar-refractivity contribution in [3.8, 4) is 0 Å². The van der Waals surface area contributed by atoms with Gasteiger partial charge in [-0.25, -0.2) is 0 Å². The van der Waals surface area contributed by atoms with Crippen LogP contribution in [0, 0.1) is 0 Å². The standard InChI is InChI=1S/C19H23N3OS/c1-22-18(17(12-20-22)13-6-7-13)19(23)21-14-8-10-16(11-9-14)24-15-4-2-3-5-15/h8-13,15H,2-7H2,1H3,(H,21,23). The zero-order valence-electron chi connectivity index (χ0n) is 14.0. The summed E-state index contributed by atoms with van der Waals surface area (Å²) < 4.78 is 1.69. The number of amides is 1. The highest BCUT2D eigenvalue weighted by Crippen LogP contribution is 2.41. The lowest BCUT2D eigenvalue weighted by Gasteiger charge is -2.10. The van der Waals surface area contributed by atoms with Gasteiger partial charge in [-0.1, -0.05) is 12.8 Å². The third-order valence-corrected chi connectivity index (χ3v) is 6.27. The summed E-state index contributed by atoms with van der Waals surface area (Å²) in [6, 6.07) is 8.23. The first-order chi connectivity index (χ1) is 11.7. The molecule has 5 heteroatoms. The number of rotatable bonds is 5. The highest BCUT2D eigenvalue weighted by atomic mass is 32.2. The average molecular weight is 341 g/mol. The van der Waals surface area contributed by atoms with E-state index in [1.807, 2.05) is 37.1 Å². The van der Waals surface area contributed by atoms with Gasteiger partial charge in [0, 0.05) is 28.4 Å². The van der Waals surface area contributed by atoms with Gasteiger partial charge in [-0.15, -0.1) is 11.8 Å². The first-order valence-electron chi connectivity index (χ1n) is 8.80. The molecule has 2 fully saturated rings. The number of thioether (sulfide) groups is 1. The quantitative estimate of drug-likeness (QED) is 0.865. The first kappa shape index (κ1) is 15.8. The first-order valence-corrected chi connectivity index (χ1v) is 9.68. The molecule has 2 saturated carbocycles. The van der Waals surface area contributed by atoms with Gasteiger partial charge in [0.2, 0.25) is 0 Å². The fraction of sp³-hybridized carbons (Fsp3) is 0.474. The summed E-state index contributed by atoms with van der Waals surface area (Å²) >= 11 is 1.97. The second kappa shape index (κ2) is 6.63. The SMILES string of the molecule is Cn1ncc(C2CC2)c1C(=O)Nc1ccc(SC2CCCC2)cc1. The molecule has 0 bridgehead atoms. The number of hydrogen-bond donors (Lipinski definition) is 1. The van der Waals surface area contributed by atoms with Crippen molar-refractivity contribution in [1.82, 2.24) is 9.78 Å². The van der Waals surface area contributed by atoms with Gasteiger partial charge in [0.05, 0.1) is 6.20 Å².